The molecule has 1 amide bonds. The molecule has 3 aromatic rings. The van der Waals surface area contributed by atoms with E-state index in [-0.39, 0.29) is 29.7 Å². The number of benzene rings is 1. The van der Waals surface area contributed by atoms with Gasteiger partial charge in [0.05, 0.1) is 0 Å². The molecule has 2 aromatic heterocycles. The van der Waals surface area contributed by atoms with Gasteiger partial charge in [0.15, 0.2) is 11.4 Å². The van der Waals surface area contributed by atoms with Gasteiger partial charge in [-0.15, -0.1) is 0 Å². The molecule has 0 saturated carbocycles. The summed E-state index contributed by atoms with van der Waals surface area (Å²) in [5.41, 5.74) is 3.32. The molecule has 3 rings (SSSR count). The number of aromatic nitrogens is 3. The zero-order valence-electron chi connectivity index (χ0n) is 13.0. The minimum Gasteiger partial charge on any atom is -0.361 e. The Morgan fingerprint density at radius 2 is 2.17 bits per heavy atom. The van der Waals surface area contributed by atoms with Crippen molar-refractivity contribution >= 4 is 22.8 Å². The molecular weight excluding hydrogens is 304 g/mol. The number of imidazole rings is 1. The van der Waals surface area contributed by atoms with Crippen molar-refractivity contribution in [2.24, 2.45) is 0 Å². The predicted octanol–water partition coefficient (Wildman–Crippen LogP) is 2.51. The molecule has 0 atom stereocenters. The van der Waals surface area contributed by atoms with Crippen LogP contribution in [0.5, 0.6) is 0 Å². The lowest BCUT2D eigenvalue weighted by Crippen LogP contribution is -2.13. The number of carbonyl (C=O) groups is 1. The van der Waals surface area contributed by atoms with E-state index in [9.17, 15) is 4.79 Å². The molecule has 0 fully saturated rings. The van der Waals surface area contributed by atoms with Gasteiger partial charge in [-0.3, -0.25) is 10.1 Å². The summed E-state index contributed by atoms with van der Waals surface area (Å²) in [5.74, 6) is -0.123. The van der Waals surface area contributed by atoms with Crippen LogP contribution in [-0.2, 0) is 11.2 Å². The van der Waals surface area contributed by atoms with Gasteiger partial charge in [-0.1, -0.05) is 18.2 Å². The van der Waals surface area contributed by atoms with Gasteiger partial charge >= 0.3 is 0 Å². The Labute approximate surface area is 137 Å². The largest absolute Gasteiger partial charge is 0.361 e. The zero-order chi connectivity index (χ0) is 17.1. The van der Waals surface area contributed by atoms with Crippen molar-refractivity contribution in [1.82, 2.24) is 15.0 Å². The number of anilines is 1. The molecule has 0 bridgehead atoms. The first-order valence-corrected chi connectivity index (χ1v) is 7.38. The van der Waals surface area contributed by atoms with E-state index >= 15 is 0 Å². The Morgan fingerprint density at radius 1 is 1.33 bits per heavy atom. The van der Waals surface area contributed by atoms with Gasteiger partial charge in [0, 0.05) is 23.5 Å². The average molecular weight is 318 g/mol. The molecule has 2 heterocycles. The molecule has 0 aliphatic heterocycles. The van der Waals surface area contributed by atoms with Gasteiger partial charge in [0.1, 0.15) is 12.1 Å². The number of carbonyl (C=O) groups excluding carboxylic acids is 1. The topological polar surface area (TPSA) is 121 Å². The number of rotatable bonds is 4. The van der Waals surface area contributed by atoms with Crippen LogP contribution in [0.25, 0.3) is 10.9 Å². The summed E-state index contributed by atoms with van der Waals surface area (Å²) in [4.78, 5) is 21.8. The number of nitrogens with one attached hydrogen (secondary N) is 3. The summed E-state index contributed by atoms with van der Waals surface area (Å²) in [6.07, 6.45) is 2.76. The standard InChI is InChI=1S/C17H14N6O/c1-10-3-2-4-12-11(9-20-16(10)12)5-6-15(24)23-17-21-13(7-18)14(8-19)22-17/h2-4,9,20H,5-6H2,1H3,(H2,21,22,23,24). The lowest BCUT2D eigenvalue weighted by atomic mass is 10.1. The third kappa shape index (κ3) is 2.83. The first-order chi connectivity index (χ1) is 11.6. The SMILES string of the molecule is Cc1cccc2c(CCC(=O)Nc3nc(C#N)c(C#N)[nH]3)c[nH]c12. The molecule has 0 aliphatic carbocycles. The van der Waals surface area contributed by atoms with E-state index in [0.717, 1.165) is 22.0 Å². The second-order valence-electron chi connectivity index (χ2n) is 5.39. The summed E-state index contributed by atoms with van der Waals surface area (Å²) in [6, 6.07) is 9.67. The lowest BCUT2D eigenvalue weighted by molar-refractivity contribution is -0.116. The number of nitriles is 2. The summed E-state index contributed by atoms with van der Waals surface area (Å²) in [5, 5.41) is 21.4. The highest BCUT2D eigenvalue weighted by Crippen LogP contribution is 2.22. The highest BCUT2D eigenvalue weighted by Gasteiger charge is 2.12. The Morgan fingerprint density at radius 3 is 2.88 bits per heavy atom. The second kappa shape index (κ2) is 6.27. The average Bonchev–Trinajstić information content (AvgIpc) is 3.17. The van der Waals surface area contributed by atoms with Gasteiger partial charge in [-0.05, 0) is 24.5 Å². The molecule has 0 saturated heterocycles. The third-order valence-electron chi connectivity index (χ3n) is 3.81. The maximum Gasteiger partial charge on any atom is 0.227 e. The van der Waals surface area contributed by atoms with E-state index in [2.05, 4.69) is 20.3 Å². The van der Waals surface area contributed by atoms with Crippen molar-refractivity contribution in [2.45, 2.75) is 19.8 Å². The highest BCUT2D eigenvalue weighted by molar-refractivity contribution is 5.90. The van der Waals surface area contributed by atoms with Crippen molar-refractivity contribution in [1.29, 1.82) is 10.5 Å². The minimum absolute atomic E-state index is 0.0279. The van der Waals surface area contributed by atoms with Gasteiger partial charge in [0.2, 0.25) is 11.9 Å². The molecule has 7 heteroatoms. The maximum absolute atomic E-state index is 12.1. The molecule has 0 spiro atoms. The van der Waals surface area contributed by atoms with E-state index in [1.54, 1.807) is 6.07 Å². The smallest absolute Gasteiger partial charge is 0.227 e. The molecule has 7 nitrogen and oxygen atoms in total. The third-order valence-corrected chi connectivity index (χ3v) is 3.81. The van der Waals surface area contributed by atoms with Crippen LogP contribution in [0.4, 0.5) is 5.95 Å². The van der Waals surface area contributed by atoms with Crippen LogP contribution in [0.15, 0.2) is 24.4 Å². The van der Waals surface area contributed by atoms with Crippen molar-refractivity contribution in [3.05, 3.63) is 46.9 Å². The van der Waals surface area contributed by atoms with Crippen LogP contribution < -0.4 is 5.32 Å². The summed E-state index contributed by atoms with van der Waals surface area (Å²) in [7, 11) is 0. The van der Waals surface area contributed by atoms with Crippen molar-refractivity contribution in [3.63, 3.8) is 0 Å². The summed E-state index contributed by atoms with van der Waals surface area (Å²) in [6.45, 7) is 2.03. The number of nitrogens with zero attached hydrogens (tertiary/aromatic N) is 3. The fraction of sp³-hybridized carbons (Fsp3) is 0.176. The number of fused-ring (bicyclic) bond motifs is 1. The van der Waals surface area contributed by atoms with E-state index in [0.29, 0.717) is 6.42 Å². The van der Waals surface area contributed by atoms with Crippen LogP contribution in [0.2, 0.25) is 0 Å². The number of hydrogen-bond acceptors (Lipinski definition) is 4. The maximum atomic E-state index is 12.1. The fourth-order valence-corrected chi connectivity index (χ4v) is 2.61. The molecular formula is C17H14N6O. The molecule has 24 heavy (non-hydrogen) atoms. The van der Waals surface area contributed by atoms with Gasteiger partial charge in [0.25, 0.3) is 0 Å². The number of hydrogen-bond donors (Lipinski definition) is 3. The molecule has 0 aliphatic rings. The number of aryl methyl sites for hydroxylation is 2. The predicted molar refractivity (Wildman–Crippen MR) is 88.0 cm³/mol. The quantitative estimate of drug-likeness (QED) is 0.684. The van der Waals surface area contributed by atoms with E-state index < -0.39 is 0 Å². The molecule has 0 radical (unpaired) electrons. The van der Waals surface area contributed by atoms with Crippen molar-refractivity contribution in [3.8, 4) is 12.1 Å². The molecule has 0 unspecified atom stereocenters. The van der Waals surface area contributed by atoms with E-state index in [1.807, 2.05) is 37.4 Å². The number of para-hydroxylation sites is 1. The molecule has 118 valence electrons. The minimum atomic E-state index is -0.236. The first kappa shape index (κ1) is 15.3. The number of amides is 1. The Balaban J connectivity index is 1.67. The Kier molecular flexibility index (Phi) is 4.00. The second-order valence-corrected chi connectivity index (χ2v) is 5.39. The normalized spacial score (nSPS) is 10.3. The summed E-state index contributed by atoms with van der Waals surface area (Å²) < 4.78 is 0. The molecule has 1 aromatic carbocycles. The van der Waals surface area contributed by atoms with Gasteiger partial charge in [-0.25, -0.2) is 4.98 Å². The van der Waals surface area contributed by atoms with Crippen LogP contribution in [0.3, 0.4) is 0 Å². The fourth-order valence-electron chi connectivity index (χ4n) is 2.61. The van der Waals surface area contributed by atoms with E-state index in [4.69, 9.17) is 10.5 Å². The molecule has 3 N–H and O–H groups in total. The van der Waals surface area contributed by atoms with Crippen molar-refractivity contribution in [2.75, 3.05) is 5.32 Å². The number of H-pyrrole nitrogens is 2. The van der Waals surface area contributed by atoms with Crippen LogP contribution >= 0.6 is 0 Å². The summed E-state index contributed by atoms with van der Waals surface area (Å²) >= 11 is 0. The lowest BCUT2D eigenvalue weighted by Gasteiger charge is -2.02. The van der Waals surface area contributed by atoms with Crippen molar-refractivity contribution < 1.29 is 4.79 Å². The Hall–Kier alpha value is -3.58. The van der Waals surface area contributed by atoms with Crippen LogP contribution in [-0.4, -0.2) is 20.9 Å². The first-order valence-electron chi connectivity index (χ1n) is 7.38. The van der Waals surface area contributed by atoms with Crippen LogP contribution in [0, 0.1) is 29.6 Å². The number of aromatic amines is 2. The zero-order valence-corrected chi connectivity index (χ0v) is 13.0. The van der Waals surface area contributed by atoms with Gasteiger partial charge < -0.3 is 9.97 Å². The highest BCUT2D eigenvalue weighted by atomic mass is 16.1. The Bertz CT molecular complexity index is 967. The van der Waals surface area contributed by atoms with E-state index in [1.165, 1.54) is 0 Å². The monoisotopic (exact) mass is 318 g/mol. The van der Waals surface area contributed by atoms with Crippen LogP contribution in [0.1, 0.15) is 28.9 Å². The van der Waals surface area contributed by atoms with Gasteiger partial charge in [-0.2, -0.15) is 10.5 Å².